The monoisotopic (exact) mass is 302 g/mol. The molecule has 0 unspecified atom stereocenters. The van der Waals surface area contributed by atoms with E-state index in [1.807, 2.05) is 24.3 Å². The van der Waals surface area contributed by atoms with Gasteiger partial charge in [-0.15, -0.1) is 10.2 Å². The third kappa shape index (κ3) is 3.29. The zero-order chi connectivity index (χ0) is 16.1. The van der Waals surface area contributed by atoms with Gasteiger partial charge in [0.1, 0.15) is 0 Å². The average molecular weight is 302 g/mol. The van der Waals surface area contributed by atoms with Gasteiger partial charge in [-0.05, 0) is 18.2 Å². The Morgan fingerprint density at radius 1 is 0.826 bits per heavy atom. The summed E-state index contributed by atoms with van der Waals surface area (Å²) in [7, 11) is 0. The predicted octanol–water partition coefficient (Wildman–Crippen LogP) is 5.48. The lowest BCUT2D eigenvalue weighted by molar-refractivity contribution is -0.384. The van der Waals surface area contributed by atoms with Gasteiger partial charge in [-0.2, -0.15) is 0 Å². The molecule has 0 heterocycles. The van der Waals surface area contributed by atoms with E-state index < -0.39 is 4.92 Å². The number of nitro benzene ring substituents is 1. The summed E-state index contributed by atoms with van der Waals surface area (Å²) in [6.07, 6.45) is 0. The van der Waals surface area contributed by atoms with Gasteiger partial charge in [0.2, 0.25) is 0 Å². The molecule has 0 bridgehead atoms. The molecule has 111 valence electrons. The van der Waals surface area contributed by atoms with Crippen LogP contribution in [0.5, 0.6) is 0 Å². The van der Waals surface area contributed by atoms with Gasteiger partial charge in [-0.25, -0.2) is 0 Å². The largest absolute Gasteiger partial charge is 0.277 e. The molecular weight excluding hydrogens is 290 g/mol. The smallest absolute Gasteiger partial charge is 0.258 e. The number of hydrogen-bond donors (Lipinski definition) is 0. The maximum Gasteiger partial charge on any atom is 0.277 e. The molecule has 0 saturated heterocycles. The second-order valence-electron chi connectivity index (χ2n) is 4.74. The van der Waals surface area contributed by atoms with Gasteiger partial charge < -0.3 is 0 Å². The molecule has 5 nitrogen and oxygen atoms in total. The Bertz CT molecular complexity index is 861. The number of hydrogen-bond acceptors (Lipinski definition) is 4. The molecule has 0 atom stereocenters. The van der Waals surface area contributed by atoms with Crippen molar-refractivity contribution in [2.24, 2.45) is 10.2 Å². The lowest BCUT2D eigenvalue weighted by Crippen LogP contribution is -1.91. The maximum atomic E-state index is 11.2. The van der Waals surface area contributed by atoms with Crippen molar-refractivity contribution in [3.05, 3.63) is 89.0 Å². The molecular formula is C18H12N3O2. The minimum Gasteiger partial charge on any atom is -0.258 e. The van der Waals surface area contributed by atoms with Crippen LogP contribution in [0, 0.1) is 16.2 Å². The standard InChI is InChI=1S/C18H12N3O2/c22-21(23)18-13-7-5-11-16(18)15-10-4-6-12-17(15)20-19-14-8-2-1-3-9-14/h1-8,10-13H/b20-19+. The molecule has 0 spiro atoms. The molecule has 3 aromatic rings. The van der Waals surface area contributed by atoms with E-state index in [0.29, 0.717) is 22.5 Å². The van der Waals surface area contributed by atoms with Gasteiger partial charge in [-0.3, -0.25) is 10.1 Å². The van der Waals surface area contributed by atoms with Gasteiger partial charge in [0.15, 0.2) is 0 Å². The van der Waals surface area contributed by atoms with Crippen molar-refractivity contribution in [2.45, 2.75) is 0 Å². The number of nitrogens with zero attached hydrogens (tertiary/aromatic N) is 3. The van der Waals surface area contributed by atoms with Crippen LogP contribution in [0.3, 0.4) is 0 Å². The number of nitro groups is 1. The second-order valence-corrected chi connectivity index (χ2v) is 4.74. The lowest BCUT2D eigenvalue weighted by atomic mass is 10.0. The molecule has 0 aromatic heterocycles. The van der Waals surface area contributed by atoms with E-state index in [1.54, 1.807) is 42.5 Å². The summed E-state index contributed by atoms with van der Waals surface area (Å²) in [6.45, 7) is 0. The van der Waals surface area contributed by atoms with Crippen LogP contribution in [0.15, 0.2) is 83.0 Å². The Kier molecular flexibility index (Phi) is 4.20. The molecule has 0 fully saturated rings. The van der Waals surface area contributed by atoms with Gasteiger partial charge in [-0.1, -0.05) is 48.5 Å². The highest BCUT2D eigenvalue weighted by Crippen LogP contribution is 2.36. The van der Waals surface area contributed by atoms with Crippen molar-refractivity contribution >= 4 is 17.1 Å². The molecule has 3 aromatic carbocycles. The first-order valence-electron chi connectivity index (χ1n) is 6.97. The number of rotatable bonds is 4. The highest BCUT2D eigenvalue weighted by Gasteiger charge is 2.16. The van der Waals surface area contributed by atoms with Crippen LogP contribution < -0.4 is 0 Å². The Hall–Kier alpha value is -3.34. The minimum atomic E-state index is -0.395. The van der Waals surface area contributed by atoms with Crippen molar-refractivity contribution in [1.29, 1.82) is 0 Å². The first-order valence-corrected chi connectivity index (χ1v) is 6.97. The van der Waals surface area contributed by atoms with E-state index in [-0.39, 0.29) is 5.69 Å². The predicted molar refractivity (Wildman–Crippen MR) is 88.0 cm³/mol. The molecule has 0 amide bonds. The topological polar surface area (TPSA) is 67.9 Å². The highest BCUT2D eigenvalue weighted by atomic mass is 16.6. The van der Waals surface area contributed by atoms with Crippen molar-refractivity contribution in [3.63, 3.8) is 0 Å². The minimum absolute atomic E-state index is 0.0430. The van der Waals surface area contributed by atoms with Crippen molar-refractivity contribution in [1.82, 2.24) is 0 Å². The normalized spacial score (nSPS) is 10.8. The van der Waals surface area contributed by atoms with Crippen molar-refractivity contribution in [2.75, 3.05) is 0 Å². The van der Waals surface area contributed by atoms with Crippen LogP contribution in [0.2, 0.25) is 0 Å². The summed E-state index contributed by atoms with van der Waals surface area (Å²) >= 11 is 0. The first kappa shape index (κ1) is 14.6. The van der Waals surface area contributed by atoms with E-state index in [4.69, 9.17) is 0 Å². The van der Waals surface area contributed by atoms with Crippen LogP contribution in [-0.2, 0) is 0 Å². The Balaban J connectivity index is 2.06. The first-order chi connectivity index (χ1) is 11.3. The molecule has 0 aliphatic rings. The Labute approximate surface area is 133 Å². The molecule has 0 aliphatic carbocycles. The molecule has 3 rings (SSSR count). The summed E-state index contributed by atoms with van der Waals surface area (Å²) in [5, 5.41) is 19.6. The quantitative estimate of drug-likeness (QED) is 0.364. The number of benzene rings is 3. The number of para-hydroxylation sites is 1. The Morgan fingerprint density at radius 2 is 1.52 bits per heavy atom. The molecule has 0 saturated carbocycles. The van der Waals surface area contributed by atoms with Crippen molar-refractivity contribution < 1.29 is 4.92 Å². The molecule has 5 heteroatoms. The van der Waals surface area contributed by atoms with E-state index in [0.717, 1.165) is 0 Å². The van der Waals surface area contributed by atoms with Crippen LogP contribution in [-0.4, -0.2) is 4.92 Å². The van der Waals surface area contributed by atoms with E-state index in [2.05, 4.69) is 16.3 Å². The summed E-state index contributed by atoms with van der Waals surface area (Å²) in [4.78, 5) is 10.8. The second kappa shape index (κ2) is 6.62. The molecule has 0 aliphatic heterocycles. The van der Waals surface area contributed by atoms with E-state index in [9.17, 15) is 10.1 Å². The molecule has 23 heavy (non-hydrogen) atoms. The summed E-state index contributed by atoms with van der Waals surface area (Å²) in [5.74, 6) is 0. The van der Waals surface area contributed by atoms with Crippen LogP contribution in [0.25, 0.3) is 11.1 Å². The number of azo groups is 1. The van der Waals surface area contributed by atoms with Gasteiger partial charge in [0, 0.05) is 17.7 Å². The van der Waals surface area contributed by atoms with Crippen LogP contribution in [0.1, 0.15) is 0 Å². The Morgan fingerprint density at radius 3 is 2.26 bits per heavy atom. The summed E-state index contributed by atoms with van der Waals surface area (Å²) in [6, 6.07) is 24.0. The van der Waals surface area contributed by atoms with Crippen LogP contribution in [0.4, 0.5) is 17.1 Å². The van der Waals surface area contributed by atoms with Gasteiger partial charge in [0.25, 0.3) is 5.69 Å². The molecule has 1 radical (unpaired) electrons. The van der Waals surface area contributed by atoms with E-state index >= 15 is 0 Å². The third-order valence-electron chi connectivity index (χ3n) is 3.25. The fraction of sp³-hybridized carbons (Fsp3) is 0. The van der Waals surface area contributed by atoms with Crippen LogP contribution >= 0.6 is 0 Å². The average Bonchev–Trinajstić information content (AvgIpc) is 2.61. The SMILES string of the molecule is O=[N+]([O-])c1ccccc1-c1ccccc1/N=N/c1[c]cccc1. The van der Waals surface area contributed by atoms with Gasteiger partial charge >= 0.3 is 0 Å². The molecule has 0 N–H and O–H groups in total. The maximum absolute atomic E-state index is 11.2. The van der Waals surface area contributed by atoms with Gasteiger partial charge in [0.05, 0.1) is 21.9 Å². The zero-order valence-electron chi connectivity index (χ0n) is 12.1. The fourth-order valence-electron chi connectivity index (χ4n) is 2.20. The third-order valence-corrected chi connectivity index (χ3v) is 3.25. The fourth-order valence-corrected chi connectivity index (χ4v) is 2.20. The highest BCUT2D eigenvalue weighted by molar-refractivity contribution is 5.81. The summed E-state index contributed by atoms with van der Waals surface area (Å²) in [5.41, 5.74) is 2.40. The lowest BCUT2D eigenvalue weighted by Gasteiger charge is -2.05. The van der Waals surface area contributed by atoms with Crippen molar-refractivity contribution in [3.8, 4) is 11.1 Å². The summed E-state index contributed by atoms with van der Waals surface area (Å²) < 4.78 is 0. The van der Waals surface area contributed by atoms with E-state index in [1.165, 1.54) is 6.07 Å². The zero-order valence-corrected chi connectivity index (χ0v) is 12.1.